The van der Waals surface area contributed by atoms with E-state index in [0.29, 0.717) is 0 Å². The van der Waals surface area contributed by atoms with Crippen molar-refractivity contribution in [2.45, 2.75) is 32.3 Å². The molecule has 1 aromatic carbocycles. The monoisotopic (exact) mass is 254 g/mol. The maximum Gasteiger partial charge on any atom is 0.0730 e. The first-order valence-electron chi connectivity index (χ1n) is 6.64. The quantitative estimate of drug-likeness (QED) is 0.837. The van der Waals surface area contributed by atoms with Crippen LogP contribution in [0.3, 0.4) is 0 Å². The van der Waals surface area contributed by atoms with Crippen molar-refractivity contribution in [1.82, 2.24) is 9.78 Å². The van der Waals surface area contributed by atoms with Crippen molar-refractivity contribution in [3.8, 4) is 5.69 Å². The van der Waals surface area contributed by atoms with Gasteiger partial charge in [-0.1, -0.05) is 30.4 Å². The van der Waals surface area contributed by atoms with Crippen LogP contribution in [0.2, 0.25) is 0 Å². The number of benzene rings is 1. The van der Waals surface area contributed by atoms with E-state index in [1.54, 1.807) is 0 Å². The number of hydrogen-bond acceptors (Lipinski definition) is 2. The molecule has 1 N–H and O–H groups in total. The van der Waals surface area contributed by atoms with E-state index in [1.807, 2.05) is 35.9 Å². The second-order valence-electron chi connectivity index (χ2n) is 5.13. The Hall–Kier alpha value is -1.87. The average molecular weight is 254 g/mol. The van der Waals surface area contributed by atoms with E-state index in [2.05, 4.69) is 30.2 Å². The summed E-state index contributed by atoms with van der Waals surface area (Å²) in [4.78, 5) is 0. The van der Waals surface area contributed by atoms with Crippen LogP contribution in [0.15, 0.2) is 42.5 Å². The molecule has 1 aliphatic rings. The SMILES string of the molecule is Cc1nn(-c2ccccc2)c(C)c1[C@@H]1C=C[C@@H](O)C1. The van der Waals surface area contributed by atoms with E-state index in [0.717, 1.165) is 23.5 Å². The molecule has 0 bridgehead atoms. The molecule has 0 aliphatic heterocycles. The number of hydrogen-bond donors (Lipinski definition) is 1. The summed E-state index contributed by atoms with van der Waals surface area (Å²) in [5.41, 5.74) is 4.53. The molecule has 0 saturated heterocycles. The summed E-state index contributed by atoms with van der Waals surface area (Å²) < 4.78 is 1.99. The maximum absolute atomic E-state index is 9.65. The lowest BCUT2D eigenvalue weighted by Gasteiger charge is -2.10. The van der Waals surface area contributed by atoms with Gasteiger partial charge in [0.1, 0.15) is 0 Å². The zero-order valence-corrected chi connectivity index (χ0v) is 11.2. The molecule has 1 aliphatic carbocycles. The fraction of sp³-hybridized carbons (Fsp3) is 0.312. The van der Waals surface area contributed by atoms with Crippen LogP contribution >= 0.6 is 0 Å². The molecular weight excluding hydrogens is 236 g/mol. The van der Waals surface area contributed by atoms with Crippen molar-refractivity contribution < 1.29 is 5.11 Å². The van der Waals surface area contributed by atoms with Crippen LogP contribution in [0.1, 0.15) is 29.3 Å². The molecular formula is C16H18N2O. The highest BCUT2D eigenvalue weighted by molar-refractivity contribution is 5.40. The maximum atomic E-state index is 9.65. The van der Waals surface area contributed by atoms with Crippen LogP contribution < -0.4 is 0 Å². The van der Waals surface area contributed by atoms with Crippen molar-refractivity contribution in [3.63, 3.8) is 0 Å². The Balaban J connectivity index is 2.04. The fourth-order valence-corrected chi connectivity index (χ4v) is 2.91. The molecule has 0 unspecified atom stereocenters. The summed E-state index contributed by atoms with van der Waals surface area (Å²) in [5.74, 6) is 0.285. The molecule has 19 heavy (non-hydrogen) atoms. The van der Waals surface area contributed by atoms with E-state index in [-0.39, 0.29) is 12.0 Å². The molecule has 0 saturated carbocycles. The molecule has 1 heterocycles. The Labute approximate surface area is 113 Å². The number of nitrogens with zero attached hydrogens (tertiary/aromatic N) is 2. The lowest BCUT2D eigenvalue weighted by atomic mass is 9.96. The normalized spacial score (nSPS) is 22.1. The van der Waals surface area contributed by atoms with Crippen molar-refractivity contribution in [2.75, 3.05) is 0 Å². The number of allylic oxidation sites excluding steroid dienone is 1. The van der Waals surface area contributed by atoms with Crippen molar-refractivity contribution in [3.05, 3.63) is 59.4 Å². The summed E-state index contributed by atoms with van der Waals surface area (Å²) in [7, 11) is 0. The molecule has 3 nitrogen and oxygen atoms in total. The van der Waals surface area contributed by atoms with Crippen LogP contribution in [0.4, 0.5) is 0 Å². The summed E-state index contributed by atoms with van der Waals surface area (Å²) in [6, 6.07) is 10.2. The first-order chi connectivity index (χ1) is 9.16. The molecule has 3 heteroatoms. The smallest absolute Gasteiger partial charge is 0.0730 e. The van der Waals surface area contributed by atoms with Gasteiger partial charge in [0, 0.05) is 17.2 Å². The van der Waals surface area contributed by atoms with Gasteiger partial charge in [-0.15, -0.1) is 0 Å². The van der Waals surface area contributed by atoms with E-state index in [4.69, 9.17) is 0 Å². The van der Waals surface area contributed by atoms with Gasteiger partial charge in [-0.3, -0.25) is 0 Å². The molecule has 2 atom stereocenters. The Morgan fingerprint density at radius 3 is 2.53 bits per heavy atom. The van der Waals surface area contributed by atoms with E-state index < -0.39 is 0 Å². The van der Waals surface area contributed by atoms with Gasteiger partial charge in [-0.25, -0.2) is 4.68 Å². The fourth-order valence-electron chi connectivity index (χ4n) is 2.91. The van der Waals surface area contributed by atoms with Gasteiger partial charge < -0.3 is 5.11 Å². The van der Waals surface area contributed by atoms with Crippen LogP contribution in [0, 0.1) is 13.8 Å². The number of para-hydroxylation sites is 1. The largest absolute Gasteiger partial charge is 0.389 e. The van der Waals surface area contributed by atoms with E-state index in [1.165, 1.54) is 5.56 Å². The summed E-state index contributed by atoms with van der Waals surface area (Å²) in [6.07, 6.45) is 4.42. The number of aromatic nitrogens is 2. The number of aliphatic hydroxyl groups is 1. The lowest BCUT2D eigenvalue weighted by molar-refractivity contribution is 0.218. The van der Waals surface area contributed by atoms with Gasteiger partial charge in [0.25, 0.3) is 0 Å². The summed E-state index contributed by atoms with van der Waals surface area (Å²) in [5, 5.41) is 14.3. The number of aryl methyl sites for hydroxylation is 1. The molecule has 2 aromatic rings. The molecule has 0 radical (unpaired) electrons. The van der Waals surface area contributed by atoms with Gasteiger partial charge in [0.05, 0.1) is 17.5 Å². The summed E-state index contributed by atoms with van der Waals surface area (Å²) in [6.45, 7) is 4.14. The first-order valence-corrected chi connectivity index (χ1v) is 6.64. The molecule has 0 fully saturated rings. The van der Waals surface area contributed by atoms with E-state index >= 15 is 0 Å². The van der Waals surface area contributed by atoms with Crippen molar-refractivity contribution in [1.29, 1.82) is 0 Å². The van der Waals surface area contributed by atoms with Crippen LogP contribution in [-0.4, -0.2) is 21.0 Å². The number of rotatable bonds is 2. The third-order valence-electron chi connectivity index (χ3n) is 3.78. The Kier molecular flexibility index (Phi) is 2.99. The first kappa shape index (κ1) is 12.2. The van der Waals surface area contributed by atoms with Gasteiger partial charge in [-0.05, 0) is 32.4 Å². The summed E-state index contributed by atoms with van der Waals surface area (Å²) >= 11 is 0. The molecule has 0 spiro atoms. The molecule has 98 valence electrons. The molecule has 0 amide bonds. The van der Waals surface area contributed by atoms with Gasteiger partial charge >= 0.3 is 0 Å². The predicted octanol–water partition coefficient (Wildman–Crippen LogP) is 2.89. The average Bonchev–Trinajstić information content (AvgIpc) is 2.95. The Morgan fingerprint density at radius 1 is 1.16 bits per heavy atom. The van der Waals surface area contributed by atoms with Gasteiger partial charge in [0.2, 0.25) is 0 Å². The minimum absolute atomic E-state index is 0.285. The predicted molar refractivity (Wildman–Crippen MR) is 75.5 cm³/mol. The van der Waals surface area contributed by atoms with Crippen LogP contribution in [0.5, 0.6) is 0 Å². The minimum atomic E-state index is -0.316. The Morgan fingerprint density at radius 2 is 1.89 bits per heavy atom. The third kappa shape index (κ3) is 2.10. The molecule has 3 rings (SSSR count). The highest BCUT2D eigenvalue weighted by Crippen LogP contribution is 2.33. The molecule has 1 aromatic heterocycles. The Bertz CT molecular complexity index is 613. The second-order valence-corrected chi connectivity index (χ2v) is 5.13. The van der Waals surface area contributed by atoms with Crippen LogP contribution in [0.25, 0.3) is 5.69 Å². The zero-order chi connectivity index (χ0) is 13.4. The zero-order valence-electron chi connectivity index (χ0n) is 11.2. The van der Waals surface area contributed by atoms with Crippen molar-refractivity contribution >= 4 is 0 Å². The van der Waals surface area contributed by atoms with Crippen molar-refractivity contribution in [2.24, 2.45) is 0 Å². The highest BCUT2D eigenvalue weighted by Gasteiger charge is 2.24. The van der Waals surface area contributed by atoms with Gasteiger partial charge in [-0.2, -0.15) is 5.10 Å². The minimum Gasteiger partial charge on any atom is -0.389 e. The lowest BCUT2D eigenvalue weighted by Crippen LogP contribution is -2.03. The van der Waals surface area contributed by atoms with E-state index in [9.17, 15) is 5.11 Å². The van der Waals surface area contributed by atoms with Crippen LogP contribution in [-0.2, 0) is 0 Å². The highest BCUT2D eigenvalue weighted by atomic mass is 16.3. The number of aliphatic hydroxyl groups excluding tert-OH is 1. The van der Waals surface area contributed by atoms with Gasteiger partial charge in [0.15, 0.2) is 0 Å². The topological polar surface area (TPSA) is 38.0 Å². The second kappa shape index (κ2) is 4.67. The third-order valence-corrected chi connectivity index (χ3v) is 3.78. The standard InChI is InChI=1S/C16H18N2O/c1-11-16(13-8-9-15(19)10-13)12(2)18(17-11)14-6-4-3-5-7-14/h3-9,13,15,19H,10H2,1-2H3/t13-,15-/m1/s1.